The average molecular weight is 326 g/mol. The first-order valence-corrected chi connectivity index (χ1v) is 7.38. The molecule has 0 bridgehead atoms. The summed E-state index contributed by atoms with van der Waals surface area (Å²) >= 11 is 5.17. The van der Waals surface area contributed by atoms with Gasteiger partial charge in [0.1, 0.15) is 10.8 Å². The lowest BCUT2D eigenvalue weighted by Gasteiger charge is -2.29. The summed E-state index contributed by atoms with van der Waals surface area (Å²) in [5.41, 5.74) is 1.12. The van der Waals surface area contributed by atoms with Crippen molar-refractivity contribution in [3.63, 3.8) is 0 Å². The van der Waals surface area contributed by atoms with E-state index in [4.69, 9.17) is 17.6 Å². The molecule has 23 heavy (non-hydrogen) atoms. The summed E-state index contributed by atoms with van der Waals surface area (Å²) in [6.45, 7) is 0. The van der Waals surface area contributed by atoms with Gasteiger partial charge in [0.15, 0.2) is 12.4 Å². The second-order valence-corrected chi connectivity index (χ2v) is 5.56. The minimum absolute atomic E-state index is 0.187. The lowest BCUT2D eigenvalue weighted by Crippen LogP contribution is -2.56. The number of amides is 1. The molecule has 4 nitrogen and oxygen atoms in total. The zero-order chi connectivity index (χ0) is 16.4. The fraction of sp³-hybridized carbons (Fsp3) is 0.118. The van der Waals surface area contributed by atoms with Gasteiger partial charge in [-0.25, -0.2) is 4.39 Å². The van der Waals surface area contributed by atoms with Crippen molar-refractivity contribution in [2.24, 2.45) is 0 Å². The molecule has 2 heterocycles. The summed E-state index contributed by atoms with van der Waals surface area (Å²) in [5.74, 6) is 1.22. The Morgan fingerprint density at radius 2 is 1.83 bits per heavy atom. The minimum atomic E-state index is -0.624. The number of pyridine rings is 1. The van der Waals surface area contributed by atoms with E-state index in [1.54, 1.807) is 29.1 Å². The Labute approximate surface area is 137 Å². The fourth-order valence-electron chi connectivity index (χ4n) is 2.76. The Morgan fingerprint density at radius 3 is 2.43 bits per heavy atom. The third kappa shape index (κ3) is 2.82. The molecule has 1 aliphatic heterocycles. The van der Waals surface area contributed by atoms with Crippen LogP contribution in [0.1, 0.15) is 17.5 Å². The van der Waals surface area contributed by atoms with Crippen molar-refractivity contribution in [2.45, 2.75) is 12.0 Å². The Kier molecular flexibility index (Phi) is 4.10. The highest BCUT2D eigenvalue weighted by Crippen LogP contribution is 2.35. The van der Waals surface area contributed by atoms with Gasteiger partial charge >= 0.3 is 0 Å². The molecule has 1 aromatic carbocycles. The van der Waals surface area contributed by atoms with Crippen LogP contribution < -0.4 is 9.88 Å². The molecular formula is C17H13FN3OS+. The number of hydrogen-bond acceptors (Lipinski definition) is 3. The Balaban J connectivity index is 2.17. The van der Waals surface area contributed by atoms with Crippen molar-refractivity contribution in [3.05, 3.63) is 71.8 Å². The van der Waals surface area contributed by atoms with E-state index < -0.39 is 12.0 Å². The smallest absolute Gasteiger partial charge is 0.295 e. The van der Waals surface area contributed by atoms with Crippen LogP contribution in [0.25, 0.3) is 0 Å². The maximum absolute atomic E-state index is 13.2. The first kappa shape index (κ1) is 15.2. The summed E-state index contributed by atoms with van der Waals surface area (Å²) in [7, 11) is 0. The fourth-order valence-corrected chi connectivity index (χ4v) is 3.04. The molecule has 6 heteroatoms. The molecule has 1 aliphatic rings. The highest BCUT2D eigenvalue weighted by atomic mass is 32.1. The van der Waals surface area contributed by atoms with Gasteiger partial charge in [0.05, 0.1) is 11.5 Å². The third-order valence-corrected chi connectivity index (χ3v) is 4.12. The number of thiocarbonyl (C=S) groups is 1. The molecule has 1 fully saturated rings. The van der Waals surface area contributed by atoms with Crippen molar-refractivity contribution in [3.8, 4) is 0 Å². The van der Waals surface area contributed by atoms with E-state index in [2.05, 4.69) is 11.2 Å². The minimum Gasteiger partial charge on any atom is -0.310 e. The van der Waals surface area contributed by atoms with Crippen LogP contribution in [0.5, 0.6) is 0 Å². The van der Waals surface area contributed by atoms with Crippen LogP contribution in [0, 0.1) is 11.2 Å². The number of piperidine rings is 1. The van der Waals surface area contributed by atoms with Crippen molar-refractivity contribution < 1.29 is 13.8 Å². The van der Waals surface area contributed by atoms with Gasteiger partial charge in [-0.1, -0.05) is 30.4 Å². The van der Waals surface area contributed by atoms with Crippen LogP contribution in [0.15, 0.2) is 60.4 Å². The lowest BCUT2D eigenvalue weighted by atomic mass is 9.82. The molecule has 0 saturated carbocycles. The van der Waals surface area contributed by atoms with E-state index >= 15 is 0 Å². The van der Waals surface area contributed by atoms with Gasteiger partial charge in [-0.15, -0.1) is 0 Å². The predicted molar refractivity (Wildman–Crippen MR) is 86.8 cm³/mol. The van der Waals surface area contributed by atoms with E-state index in [1.165, 1.54) is 12.1 Å². The number of aromatic nitrogens is 1. The largest absolute Gasteiger partial charge is 0.310 e. The second kappa shape index (κ2) is 6.20. The van der Waals surface area contributed by atoms with Gasteiger partial charge in [-0.2, -0.15) is 4.57 Å². The van der Waals surface area contributed by atoms with Crippen molar-refractivity contribution in [1.82, 2.24) is 5.32 Å². The third-order valence-electron chi connectivity index (χ3n) is 3.80. The zero-order valence-corrected chi connectivity index (χ0v) is 12.8. The van der Waals surface area contributed by atoms with Crippen molar-refractivity contribution in [1.29, 1.82) is 5.41 Å². The van der Waals surface area contributed by atoms with Gasteiger partial charge in [-0.05, 0) is 23.6 Å². The van der Waals surface area contributed by atoms with Crippen molar-refractivity contribution in [2.75, 3.05) is 0 Å². The Hall–Kier alpha value is -2.69. The number of nitrogens with zero attached hydrogens (tertiary/aromatic N) is 1. The molecule has 3 rings (SSSR count). The molecular weight excluding hydrogens is 313 g/mol. The molecule has 0 aliphatic carbocycles. The molecule has 1 amide bonds. The number of halogens is 1. The topological polar surface area (TPSA) is 56.8 Å². The van der Waals surface area contributed by atoms with Gasteiger partial charge in [0.25, 0.3) is 5.91 Å². The van der Waals surface area contributed by atoms with Crippen LogP contribution >= 0.6 is 12.2 Å². The van der Waals surface area contributed by atoms with Crippen molar-refractivity contribution >= 4 is 29.0 Å². The van der Waals surface area contributed by atoms with Crippen LogP contribution in [0.4, 0.5) is 4.39 Å². The van der Waals surface area contributed by atoms with E-state index in [0.717, 1.165) is 0 Å². The molecule has 1 aromatic heterocycles. The molecule has 1 saturated heterocycles. The van der Waals surface area contributed by atoms with Crippen LogP contribution in [-0.4, -0.2) is 16.8 Å². The summed E-state index contributed by atoms with van der Waals surface area (Å²) < 4.78 is 15.0. The van der Waals surface area contributed by atoms with E-state index in [9.17, 15) is 9.18 Å². The summed E-state index contributed by atoms with van der Waals surface area (Å²) in [4.78, 5) is 12.7. The summed E-state index contributed by atoms with van der Waals surface area (Å²) in [5, 5.41) is 10.2. The lowest BCUT2D eigenvalue weighted by molar-refractivity contribution is -0.711. The van der Waals surface area contributed by atoms with Crippen LogP contribution in [-0.2, 0) is 4.79 Å². The molecule has 2 atom stereocenters. The van der Waals surface area contributed by atoms with Crippen LogP contribution in [0.2, 0.25) is 0 Å². The maximum atomic E-state index is 13.2. The SMILES string of the molecule is N=C=C1C(=S)NC(=O)[C@H]([n+]2ccccc2)[C@H]1c1ccc(F)cc1. The first-order chi connectivity index (χ1) is 11.1. The monoisotopic (exact) mass is 326 g/mol. The Morgan fingerprint density at radius 1 is 1.17 bits per heavy atom. The molecule has 0 spiro atoms. The number of rotatable bonds is 2. The van der Waals surface area contributed by atoms with E-state index in [-0.39, 0.29) is 16.7 Å². The highest BCUT2D eigenvalue weighted by Gasteiger charge is 2.45. The predicted octanol–water partition coefficient (Wildman–Crippen LogP) is 2.07. The van der Waals surface area contributed by atoms with Gasteiger partial charge < -0.3 is 5.32 Å². The summed E-state index contributed by atoms with van der Waals surface area (Å²) in [6, 6.07) is 10.7. The highest BCUT2D eigenvalue weighted by molar-refractivity contribution is 7.80. The van der Waals surface area contributed by atoms with E-state index in [0.29, 0.717) is 11.1 Å². The molecule has 114 valence electrons. The van der Waals surface area contributed by atoms with Gasteiger partial charge in [0, 0.05) is 12.1 Å². The number of carbonyl (C=O) groups excluding carboxylic acids is 1. The maximum Gasteiger partial charge on any atom is 0.295 e. The number of hydrogen-bond donors (Lipinski definition) is 2. The first-order valence-electron chi connectivity index (χ1n) is 6.98. The van der Waals surface area contributed by atoms with E-state index in [1.807, 2.05) is 18.2 Å². The Bertz CT molecular complexity index is 813. The normalized spacial score (nSPS) is 20.8. The standard InChI is InChI=1S/C17H12FN3OS/c18-12-6-4-11(5-7-12)14-13(10-19)17(23)20-16(22)15(14)21-8-2-1-3-9-21/h1-9,14-15,19H/p+1/t14-,15+/m0/s1. The zero-order valence-electron chi connectivity index (χ0n) is 12.0. The molecule has 2 N–H and O–H groups in total. The molecule has 0 radical (unpaired) electrons. The number of carbonyl (C=O) groups is 1. The number of nitrogens with one attached hydrogen (secondary N) is 2. The molecule has 0 unspecified atom stereocenters. The number of benzene rings is 1. The second-order valence-electron chi connectivity index (χ2n) is 5.15. The van der Waals surface area contributed by atoms with Gasteiger partial charge in [0.2, 0.25) is 6.04 Å². The van der Waals surface area contributed by atoms with Crippen LogP contribution in [0.3, 0.4) is 0 Å². The molecule has 2 aromatic rings. The summed E-state index contributed by atoms with van der Waals surface area (Å²) in [6.07, 6.45) is 3.55. The average Bonchev–Trinajstić information content (AvgIpc) is 2.56. The quantitative estimate of drug-likeness (QED) is 0.384. The van der Waals surface area contributed by atoms with Gasteiger partial charge in [-0.3, -0.25) is 10.2 Å².